The van der Waals surface area contributed by atoms with Crippen LogP contribution in [0.2, 0.25) is 0 Å². The van der Waals surface area contributed by atoms with Crippen molar-refractivity contribution in [2.24, 2.45) is 7.05 Å². The Morgan fingerprint density at radius 1 is 1.39 bits per heavy atom. The van der Waals surface area contributed by atoms with Gasteiger partial charge in [-0.3, -0.25) is 9.59 Å². The van der Waals surface area contributed by atoms with Crippen LogP contribution in [-0.4, -0.2) is 44.6 Å². The smallest absolute Gasteiger partial charge is 0.250 e. The predicted molar refractivity (Wildman–Crippen MR) is 88.5 cm³/mol. The molecule has 8 heteroatoms. The van der Waals surface area contributed by atoms with E-state index in [9.17, 15) is 9.59 Å². The molecule has 3 heterocycles. The van der Waals surface area contributed by atoms with Crippen molar-refractivity contribution in [3.05, 3.63) is 53.0 Å². The number of halogens is 1. The van der Waals surface area contributed by atoms with Crippen LogP contribution >= 0.6 is 12.4 Å². The van der Waals surface area contributed by atoms with Gasteiger partial charge in [0.2, 0.25) is 5.91 Å². The van der Waals surface area contributed by atoms with E-state index in [-0.39, 0.29) is 36.5 Å². The second kappa shape index (κ2) is 7.43. The number of hydrogen-bond acceptors (Lipinski definition) is 4. The molecule has 23 heavy (non-hydrogen) atoms. The molecule has 1 N–H and O–H groups in total. The molecule has 0 saturated carbocycles. The summed E-state index contributed by atoms with van der Waals surface area (Å²) in [5.41, 5.74) is -0.167. The minimum Gasteiger partial charge on any atom is -0.336 e. The van der Waals surface area contributed by atoms with Gasteiger partial charge in [-0.15, -0.1) is 12.4 Å². The van der Waals surface area contributed by atoms with Gasteiger partial charge in [-0.2, -0.15) is 0 Å². The lowest BCUT2D eigenvalue weighted by Crippen LogP contribution is -2.50. The number of amides is 1. The molecule has 1 unspecified atom stereocenters. The van der Waals surface area contributed by atoms with Gasteiger partial charge in [-0.25, -0.2) is 4.98 Å². The summed E-state index contributed by atoms with van der Waals surface area (Å²) in [5, 5.41) is 3.29. The lowest BCUT2D eigenvalue weighted by molar-refractivity contribution is -0.135. The fraction of sp³-hybridized carbons (Fsp3) is 0.400. The number of nitrogens with zero attached hydrogens (tertiary/aromatic N) is 4. The molecule has 0 spiro atoms. The maximum absolute atomic E-state index is 12.6. The van der Waals surface area contributed by atoms with Crippen LogP contribution in [0.1, 0.15) is 11.9 Å². The van der Waals surface area contributed by atoms with Crippen molar-refractivity contribution in [3.63, 3.8) is 0 Å². The van der Waals surface area contributed by atoms with Gasteiger partial charge in [-0.1, -0.05) is 6.07 Å². The normalized spacial score (nSPS) is 17.6. The fourth-order valence-electron chi connectivity index (χ4n) is 2.76. The lowest BCUT2D eigenvalue weighted by Gasteiger charge is -2.35. The summed E-state index contributed by atoms with van der Waals surface area (Å²) >= 11 is 0. The predicted octanol–water partition coefficient (Wildman–Crippen LogP) is 0.177. The van der Waals surface area contributed by atoms with Crippen molar-refractivity contribution in [2.75, 3.05) is 19.6 Å². The molecule has 1 atom stereocenters. The Balaban J connectivity index is 0.00000192. The quantitative estimate of drug-likeness (QED) is 0.867. The Labute approximate surface area is 140 Å². The first-order valence-electron chi connectivity index (χ1n) is 7.29. The first-order valence-corrected chi connectivity index (χ1v) is 7.29. The first-order chi connectivity index (χ1) is 10.7. The van der Waals surface area contributed by atoms with Crippen LogP contribution in [0.15, 0.2) is 41.6 Å². The molecule has 1 fully saturated rings. The number of hydrogen-bond donors (Lipinski definition) is 1. The average molecular weight is 338 g/mol. The number of rotatable bonds is 3. The molecule has 0 bridgehead atoms. The van der Waals surface area contributed by atoms with E-state index < -0.39 is 0 Å². The molecular weight excluding hydrogens is 318 g/mol. The van der Waals surface area contributed by atoms with Crippen molar-refractivity contribution in [1.29, 1.82) is 0 Å². The summed E-state index contributed by atoms with van der Waals surface area (Å²) < 4.78 is 3.35. The topological polar surface area (TPSA) is 72.2 Å². The third-order valence-electron chi connectivity index (χ3n) is 3.92. The number of nitrogens with one attached hydrogen (secondary N) is 1. The lowest BCUT2D eigenvalue weighted by atomic mass is 10.1. The summed E-state index contributed by atoms with van der Waals surface area (Å²) in [6.45, 7) is 2.08. The van der Waals surface area contributed by atoms with Gasteiger partial charge in [0, 0.05) is 51.3 Å². The molecule has 124 valence electrons. The second-order valence-corrected chi connectivity index (χ2v) is 5.37. The third-order valence-corrected chi connectivity index (χ3v) is 3.92. The summed E-state index contributed by atoms with van der Waals surface area (Å²) in [5.74, 6) is 0.781. The van der Waals surface area contributed by atoms with Crippen LogP contribution in [0.25, 0.3) is 0 Å². The second-order valence-electron chi connectivity index (χ2n) is 5.37. The zero-order valence-corrected chi connectivity index (χ0v) is 13.7. The van der Waals surface area contributed by atoms with Crippen molar-refractivity contribution >= 4 is 18.3 Å². The Morgan fingerprint density at radius 2 is 2.22 bits per heavy atom. The van der Waals surface area contributed by atoms with Gasteiger partial charge in [0.25, 0.3) is 5.56 Å². The van der Waals surface area contributed by atoms with Crippen LogP contribution in [-0.2, 0) is 18.4 Å². The van der Waals surface area contributed by atoms with Gasteiger partial charge >= 0.3 is 0 Å². The van der Waals surface area contributed by atoms with E-state index >= 15 is 0 Å². The van der Waals surface area contributed by atoms with E-state index in [1.165, 1.54) is 10.6 Å². The minimum absolute atomic E-state index is 0. The SMILES string of the molecule is Cl.Cn1ccnc1C1CNCCN1C(=O)Cn1ccccc1=O. The van der Waals surface area contributed by atoms with Crippen molar-refractivity contribution < 1.29 is 4.79 Å². The molecule has 1 aliphatic heterocycles. The van der Waals surface area contributed by atoms with Crippen LogP contribution < -0.4 is 10.9 Å². The Bertz CT molecular complexity index is 726. The van der Waals surface area contributed by atoms with Crippen molar-refractivity contribution in [2.45, 2.75) is 12.6 Å². The van der Waals surface area contributed by atoms with Crippen LogP contribution in [0.4, 0.5) is 0 Å². The van der Waals surface area contributed by atoms with Gasteiger partial charge in [0.05, 0.1) is 0 Å². The monoisotopic (exact) mass is 337 g/mol. The maximum atomic E-state index is 12.6. The number of piperazine rings is 1. The highest BCUT2D eigenvalue weighted by molar-refractivity contribution is 5.85. The average Bonchev–Trinajstić information content (AvgIpc) is 2.95. The molecular formula is C15H20ClN5O2. The summed E-state index contributed by atoms with van der Waals surface area (Å²) in [4.78, 5) is 30.6. The Morgan fingerprint density at radius 3 is 2.91 bits per heavy atom. The zero-order chi connectivity index (χ0) is 15.5. The van der Waals surface area contributed by atoms with Gasteiger partial charge in [-0.05, 0) is 6.07 Å². The van der Waals surface area contributed by atoms with E-state index in [0.717, 1.165) is 12.4 Å². The summed E-state index contributed by atoms with van der Waals surface area (Å²) in [6.07, 6.45) is 5.24. The summed E-state index contributed by atoms with van der Waals surface area (Å²) in [6, 6.07) is 4.77. The third kappa shape index (κ3) is 3.62. The highest BCUT2D eigenvalue weighted by Gasteiger charge is 2.30. The maximum Gasteiger partial charge on any atom is 0.250 e. The van der Waals surface area contributed by atoms with E-state index in [2.05, 4.69) is 10.3 Å². The number of aromatic nitrogens is 3. The molecule has 2 aromatic rings. The largest absolute Gasteiger partial charge is 0.336 e. The molecule has 0 aromatic carbocycles. The van der Waals surface area contributed by atoms with Gasteiger partial charge in [0.1, 0.15) is 18.4 Å². The van der Waals surface area contributed by atoms with Crippen molar-refractivity contribution in [1.82, 2.24) is 24.3 Å². The Hall–Kier alpha value is -2.12. The molecule has 0 aliphatic carbocycles. The summed E-state index contributed by atoms with van der Waals surface area (Å²) in [7, 11) is 1.92. The standard InChI is InChI=1S/C15H19N5O2.ClH/c1-18-8-6-17-15(18)12-10-16-5-9-20(12)14(22)11-19-7-3-2-4-13(19)21;/h2-4,6-8,12,16H,5,9-11H2,1H3;1H. The highest BCUT2D eigenvalue weighted by atomic mass is 35.5. The molecule has 1 amide bonds. The molecule has 2 aromatic heterocycles. The minimum atomic E-state index is -0.167. The Kier molecular flexibility index (Phi) is 5.57. The number of carbonyl (C=O) groups is 1. The number of aryl methyl sites for hydroxylation is 1. The van der Waals surface area contributed by atoms with E-state index in [1.807, 2.05) is 17.8 Å². The van der Waals surface area contributed by atoms with Gasteiger partial charge < -0.3 is 19.4 Å². The van der Waals surface area contributed by atoms with E-state index in [4.69, 9.17) is 0 Å². The van der Waals surface area contributed by atoms with Crippen molar-refractivity contribution in [3.8, 4) is 0 Å². The molecule has 7 nitrogen and oxygen atoms in total. The van der Waals surface area contributed by atoms with Crippen LogP contribution in [0.5, 0.6) is 0 Å². The number of imidazole rings is 1. The molecule has 1 saturated heterocycles. The fourth-order valence-corrected chi connectivity index (χ4v) is 2.76. The van der Waals surface area contributed by atoms with Gasteiger partial charge in [0.15, 0.2) is 0 Å². The number of carbonyl (C=O) groups excluding carboxylic acids is 1. The molecule has 3 rings (SSSR count). The number of pyridine rings is 1. The van der Waals surface area contributed by atoms with Crippen LogP contribution in [0.3, 0.4) is 0 Å². The van der Waals surface area contributed by atoms with Crippen LogP contribution in [0, 0.1) is 0 Å². The molecule has 0 radical (unpaired) electrons. The molecule has 1 aliphatic rings. The van der Waals surface area contributed by atoms with E-state index in [0.29, 0.717) is 13.1 Å². The highest BCUT2D eigenvalue weighted by Crippen LogP contribution is 2.20. The first kappa shape index (κ1) is 17.2. The van der Waals surface area contributed by atoms with E-state index in [1.54, 1.807) is 29.4 Å². The zero-order valence-electron chi connectivity index (χ0n) is 12.9.